The molecule has 1 saturated carbocycles. The van der Waals surface area contributed by atoms with E-state index in [0.29, 0.717) is 18.5 Å². The molecule has 6 heteroatoms. The first-order chi connectivity index (χ1) is 10.5. The SMILES string of the molecule is CCCCc1nc2ccc(NC(=O)C3(C(=O)O)CC3)cc2[nH]1. The predicted octanol–water partition coefficient (Wildman–Crippen LogP) is 2.71. The molecule has 1 aromatic carbocycles. The van der Waals surface area contributed by atoms with Gasteiger partial charge in [-0.1, -0.05) is 13.3 Å². The number of carboxylic acids is 1. The third-order valence-corrected chi connectivity index (χ3v) is 4.15. The van der Waals surface area contributed by atoms with E-state index in [1.165, 1.54) is 0 Å². The minimum atomic E-state index is -1.23. The van der Waals surface area contributed by atoms with Gasteiger partial charge in [-0.15, -0.1) is 0 Å². The second kappa shape index (κ2) is 5.44. The minimum absolute atomic E-state index is 0.404. The van der Waals surface area contributed by atoms with Crippen molar-refractivity contribution in [2.75, 3.05) is 5.32 Å². The van der Waals surface area contributed by atoms with Gasteiger partial charge in [0.05, 0.1) is 11.0 Å². The minimum Gasteiger partial charge on any atom is -0.480 e. The quantitative estimate of drug-likeness (QED) is 0.715. The fourth-order valence-electron chi connectivity index (χ4n) is 2.52. The van der Waals surface area contributed by atoms with Crippen LogP contribution >= 0.6 is 0 Å². The van der Waals surface area contributed by atoms with Crippen LogP contribution in [0.2, 0.25) is 0 Å². The normalized spacial score (nSPS) is 15.7. The van der Waals surface area contributed by atoms with Gasteiger partial charge in [0, 0.05) is 12.1 Å². The Morgan fingerprint density at radius 3 is 2.82 bits per heavy atom. The number of fused-ring (bicyclic) bond motifs is 1. The Morgan fingerprint density at radius 2 is 2.18 bits per heavy atom. The standard InChI is InChI=1S/C16H19N3O3/c1-2-3-4-13-18-11-6-5-10(9-12(11)19-13)17-14(20)16(7-8-16)15(21)22/h5-6,9H,2-4,7-8H2,1H3,(H,17,20)(H,18,19)(H,21,22). The number of aliphatic carboxylic acids is 1. The molecule has 0 radical (unpaired) electrons. The average molecular weight is 301 g/mol. The first-order valence-corrected chi connectivity index (χ1v) is 7.58. The second-order valence-corrected chi connectivity index (χ2v) is 5.86. The number of nitrogens with one attached hydrogen (secondary N) is 2. The number of aromatic nitrogens is 2. The van der Waals surface area contributed by atoms with E-state index in [2.05, 4.69) is 22.2 Å². The summed E-state index contributed by atoms with van der Waals surface area (Å²) in [5.41, 5.74) is 1.07. The topological polar surface area (TPSA) is 95.1 Å². The van der Waals surface area contributed by atoms with E-state index >= 15 is 0 Å². The molecule has 0 saturated heterocycles. The maximum atomic E-state index is 12.1. The number of imidazole rings is 1. The molecule has 1 heterocycles. The first kappa shape index (κ1) is 14.6. The molecule has 1 amide bonds. The predicted molar refractivity (Wildman–Crippen MR) is 82.6 cm³/mol. The number of amides is 1. The van der Waals surface area contributed by atoms with E-state index in [0.717, 1.165) is 36.1 Å². The Kier molecular flexibility index (Phi) is 3.60. The number of benzene rings is 1. The fourth-order valence-corrected chi connectivity index (χ4v) is 2.52. The maximum Gasteiger partial charge on any atom is 0.319 e. The summed E-state index contributed by atoms with van der Waals surface area (Å²) >= 11 is 0. The monoisotopic (exact) mass is 301 g/mol. The first-order valence-electron chi connectivity index (χ1n) is 7.58. The average Bonchev–Trinajstić information content (AvgIpc) is 3.21. The molecule has 1 fully saturated rings. The van der Waals surface area contributed by atoms with Gasteiger partial charge in [0.2, 0.25) is 5.91 Å². The van der Waals surface area contributed by atoms with Crippen LogP contribution in [0.1, 0.15) is 38.4 Å². The van der Waals surface area contributed by atoms with Crippen molar-refractivity contribution in [3.05, 3.63) is 24.0 Å². The van der Waals surface area contributed by atoms with Crippen LogP contribution in [-0.4, -0.2) is 27.0 Å². The van der Waals surface area contributed by atoms with Crippen molar-refractivity contribution < 1.29 is 14.7 Å². The lowest BCUT2D eigenvalue weighted by Crippen LogP contribution is -2.31. The molecule has 116 valence electrons. The van der Waals surface area contributed by atoms with Gasteiger partial charge in [-0.3, -0.25) is 9.59 Å². The highest BCUT2D eigenvalue weighted by Gasteiger charge is 2.57. The zero-order valence-electron chi connectivity index (χ0n) is 12.5. The van der Waals surface area contributed by atoms with Gasteiger partial charge < -0.3 is 15.4 Å². The van der Waals surface area contributed by atoms with Crippen molar-refractivity contribution in [1.29, 1.82) is 0 Å². The smallest absolute Gasteiger partial charge is 0.319 e. The number of hydrogen-bond acceptors (Lipinski definition) is 3. The summed E-state index contributed by atoms with van der Waals surface area (Å²) in [6, 6.07) is 5.38. The van der Waals surface area contributed by atoms with E-state index in [1.807, 2.05) is 6.07 Å². The maximum absolute atomic E-state index is 12.1. The highest BCUT2D eigenvalue weighted by molar-refractivity contribution is 6.11. The Morgan fingerprint density at radius 1 is 1.41 bits per heavy atom. The summed E-state index contributed by atoms with van der Waals surface area (Å²) in [5, 5.41) is 11.8. The zero-order chi connectivity index (χ0) is 15.7. The Hall–Kier alpha value is -2.37. The molecule has 1 aliphatic rings. The van der Waals surface area contributed by atoms with Crippen LogP contribution in [0, 0.1) is 5.41 Å². The van der Waals surface area contributed by atoms with E-state index in [-0.39, 0.29) is 0 Å². The number of anilines is 1. The van der Waals surface area contributed by atoms with Crippen LogP contribution < -0.4 is 5.32 Å². The lowest BCUT2D eigenvalue weighted by atomic mass is 10.1. The number of aryl methyl sites for hydroxylation is 1. The summed E-state index contributed by atoms with van der Waals surface area (Å²) in [6.45, 7) is 2.13. The van der Waals surface area contributed by atoms with Crippen molar-refractivity contribution in [1.82, 2.24) is 9.97 Å². The van der Waals surface area contributed by atoms with Crippen molar-refractivity contribution in [3.8, 4) is 0 Å². The molecule has 0 spiro atoms. The van der Waals surface area contributed by atoms with E-state index < -0.39 is 17.3 Å². The molecule has 3 rings (SSSR count). The lowest BCUT2D eigenvalue weighted by Gasteiger charge is -2.10. The molecule has 0 unspecified atom stereocenters. The van der Waals surface area contributed by atoms with E-state index in [1.54, 1.807) is 12.1 Å². The second-order valence-electron chi connectivity index (χ2n) is 5.86. The summed E-state index contributed by atoms with van der Waals surface area (Å²) in [5.74, 6) is -0.552. The van der Waals surface area contributed by atoms with Gasteiger partial charge in [-0.05, 0) is 37.5 Å². The van der Waals surface area contributed by atoms with Crippen molar-refractivity contribution in [2.45, 2.75) is 39.0 Å². The van der Waals surface area contributed by atoms with Crippen LogP contribution in [0.5, 0.6) is 0 Å². The van der Waals surface area contributed by atoms with Crippen LogP contribution in [0.25, 0.3) is 11.0 Å². The van der Waals surface area contributed by atoms with Crippen molar-refractivity contribution in [2.24, 2.45) is 5.41 Å². The molecule has 2 aromatic rings. The molecule has 3 N–H and O–H groups in total. The number of carbonyl (C=O) groups is 2. The summed E-state index contributed by atoms with van der Waals surface area (Å²) in [6.07, 6.45) is 3.89. The highest BCUT2D eigenvalue weighted by Crippen LogP contribution is 2.46. The summed E-state index contributed by atoms with van der Waals surface area (Å²) in [7, 11) is 0. The molecule has 22 heavy (non-hydrogen) atoms. The molecule has 1 aromatic heterocycles. The van der Waals surface area contributed by atoms with Crippen LogP contribution in [0.3, 0.4) is 0 Å². The molecule has 0 aliphatic heterocycles. The Bertz CT molecular complexity index is 731. The number of carboxylic acid groups (broad SMARTS) is 1. The highest BCUT2D eigenvalue weighted by atomic mass is 16.4. The van der Waals surface area contributed by atoms with Gasteiger partial charge in [0.1, 0.15) is 11.2 Å². The fraction of sp³-hybridized carbons (Fsp3) is 0.438. The van der Waals surface area contributed by atoms with E-state index in [9.17, 15) is 9.59 Å². The Labute approximate surface area is 127 Å². The Balaban J connectivity index is 1.77. The number of rotatable bonds is 6. The van der Waals surface area contributed by atoms with Crippen molar-refractivity contribution in [3.63, 3.8) is 0 Å². The van der Waals surface area contributed by atoms with Crippen molar-refractivity contribution >= 4 is 28.6 Å². The molecule has 6 nitrogen and oxygen atoms in total. The molecule has 0 atom stereocenters. The third kappa shape index (κ3) is 2.56. The number of carbonyl (C=O) groups excluding carboxylic acids is 1. The summed E-state index contributed by atoms with van der Waals surface area (Å²) in [4.78, 5) is 31.0. The zero-order valence-corrected chi connectivity index (χ0v) is 12.5. The van der Waals surface area contributed by atoms with E-state index in [4.69, 9.17) is 5.11 Å². The van der Waals surface area contributed by atoms with Crippen LogP contribution in [0.4, 0.5) is 5.69 Å². The molecular formula is C16H19N3O3. The van der Waals surface area contributed by atoms with Crippen LogP contribution in [-0.2, 0) is 16.0 Å². The lowest BCUT2D eigenvalue weighted by molar-refractivity contribution is -0.147. The molecular weight excluding hydrogens is 282 g/mol. The van der Waals surface area contributed by atoms with Crippen LogP contribution in [0.15, 0.2) is 18.2 Å². The van der Waals surface area contributed by atoms with Gasteiger partial charge in [0.25, 0.3) is 0 Å². The number of aromatic amines is 1. The molecule has 1 aliphatic carbocycles. The third-order valence-electron chi connectivity index (χ3n) is 4.15. The number of hydrogen-bond donors (Lipinski definition) is 3. The van der Waals surface area contributed by atoms with Gasteiger partial charge >= 0.3 is 5.97 Å². The van der Waals surface area contributed by atoms with Gasteiger partial charge in [0.15, 0.2) is 0 Å². The summed E-state index contributed by atoms with van der Waals surface area (Å²) < 4.78 is 0. The molecule has 0 bridgehead atoms. The van der Waals surface area contributed by atoms with Gasteiger partial charge in [-0.2, -0.15) is 0 Å². The number of unbranched alkanes of at least 4 members (excludes halogenated alkanes) is 1. The largest absolute Gasteiger partial charge is 0.480 e. The number of nitrogens with zero attached hydrogens (tertiary/aromatic N) is 1. The number of H-pyrrole nitrogens is 1. The van der Waals surface area contributed by atoms with Gasteiger partial charge in [-0.25, -0.2) is 4.98 Å².